The number of fused-ring (bicyclic) bond motifs is 2. The van der Waals surface area contributed by atoms with Gasteiger partial charge in [-0.05, 0) is 108 Å². The van der Waals surface area contributed by atoms with E-state index in [4.69, 9.17) is 9.72 Å². The van der Waals surface area contributed by atoms with Gasteiger partial charge >= 0.3 is 0 Å². The molecule has 2 aromatic heterocycles. The molecule has 1 saturated carbocycles. The third-order valence-electron chi connectivity index (χ3n) is 14.4. The Morgan fingerprint density at radius 3 is 2.34 bits per heavy atom. The number of nitrogens with one attached hydrogen (secondary N) is 2. The summed E-state index contributed by atoms with van der Waals surface area (Å²) in [5.41, 5.74) is 3.80. The number of hydrogen-bond donors (Lipinski definition) is 2. The first kappa shape index (κ1) is 40.0. The first-order valence-electron chi connectivity index (χ1n) is 22.3. The molecule has 14 nitrogen and oxygen atoms in total. The Morgan fingerprint density at radius 2 is 1.61 bits per heavy atom. The zero-order chi connectivity index (χ0) is 42.0. The van der Waals surface area contributed by atoms with Gasteiger partial charge in [0.1, 0.15) is 35.2 Å². The summed E-state index contributed by atoms with van der Waals surface area (Å²) in [6.07, 6.45) is 8.48. The number of nitrogens with zero attached hydrogens (tertiary/aromatic N) is 8. The fraction of sp³-hybridized carbons (Fsp3) is 0.565. The summed E-state index contributed by atoms with van der Waals surface area (Å²) < 4.78 is 22.3. The van der Waals surface area contributed by atoms with Crippen LogP contribution in [0.25, 0.3) is 22.3 Å². The first-order valence-corrected chi connectivity index (χ1v) is 22.3. The highest BCUT2D eigenvalue weighted by molar-refractivity contribution is 6.05. The summed E-state index contributed by atoms with van der Waals surface area (Å²) in [6.45, 7) is 15.7. The lowest BCUT2D eigenvalue weighted by molar-refractivity contribution is -0.136. The van der Waals surface area contributed by atoms with Gasteiger partial charge in [-0.3, -0.25) is 34.6 Å². The highest BCUT2D eigenvalue weighted by Crippen LogP contribution is 2.41. The van der Waals surface area contributed by atoms with Gasteiger partial charge in [0, 0.05) is 93.4 Å². The molecule has 1 atom stereocenters. The Bertz CT molecular complexity index is 2350. The first-order chi connectivity index (χ1) is 29.4. The minimum atomic E-state index is -0.756. The lowest BCUT2D eigenvalue weighted by atomic mass is 9.90. The van der Waals surface area contributed by atoms with E-state index >= 15 is 4.39 Å². The Kier molecular flexibility index (Phi) is 10.2. The Labute approximate surface area is 356 Å². The molecule has 10 rings (SSSR count). The second-order valence-electron chi connectivity index (χ2n) is 19.3. The van der Waals surface area contributed by atoms with Crippen LogP contribution in [-0.2, 0) is 16.1 Å². The number of halogens is 1. The average Bonchev–Trinajstić information content (AvgIpc) is 3.66. The third-order valence-corrected chi connectivity index (χ3v) is 14.4. The zero-order valence-corrected chi connectivity index (χ0v) is 35.6. The van der Waals surface area contributed by atoms with Gasteiger partial charge < -0.3 is 19.4 Å². The summed E-state index contributed by atoms with van der Waals surface area (Å²) in [6, 6.07) is 10.9. The number of carbonyl (C=O) groups is 3. The lowest BCUT2D eigenvalue weighted by Gasteiger charge is -2.50. The van der Waals surface area contributed by atoms with Crippen LogP contribution >= 0.6 is 0 Å². The number of H-pyrrole nitrogens is 1. The van der Waals surface area contributed by atoms with Crippen LogP contribution in [-0.4, -0.2) is 129 Å². The van der Waals surface area contributed by atoms with Crippen molar-refractivity contribution in [2.75, 3.05) is 68.7 Å². The molecular formula is C46H57FN10O4. The van der Waals surface area contributed by atoms with Crippen LogP contribution < -0.4 is 19.9 Å². The van der Waals surface area contributed by atoms with E-state index in [-0.39, 0.29) is 48.2 Å². The number of carbonyl (C=O) groups excluding carboxylic acids is 3. The van der Waals surface area contributed by atoms with Gasteiger partial charge in [0.25, 0.3) is 5.91 Å². The molecule has 1 aliphatic carbocycles. The Balaban J connectivity index is 0.693. The molecule has 15 heteroatoms. The fourth-order valence-electron chi connectivity index (χ4n) is 10.5. The molecule has 4 saturated heterocycles. The summed E-state index contributed by atoms with van der Waals surface area (Å²) in [5.74, 6) is 1.45. The predicted molar refractivity (Wildman–Crippen MR) is 230 cm³/mol. The maximum atomic E-state index is 16.0. The molecule has 61 heavy (non-hydrogen) atoms. The highest BCUT2D eigenvalue weighted by Gasteiger charge is 2.42. The predicted octanol–water partition coefficient (Wildman–Crippen LogP) is 5.38. The molecule has 6 aliphatic rings. The second kappa shape index (κ2) is 15.6. The van der Waals surface area contributed by atoms with Crippen LogP contribution in [0.4, 0.5) is 15.9 Å². The molecule has 0 spiro atoms. The fourth-order valence-corrected chi connectivity index (χ4v) is 10.5. The van der Waals surface area contributed by atoms with Crippen LogP contribution in [0.2, 0.25) is 0 Å². The van der Waals surface area contributed by atoms with Crippen LogP contribution in [0.3, 0.4) is 0 Å². The lowest BCUT2D eigenvalue weighted by Crippen LogP contribution is -2.61. The number of piperidine rings is 3. The van der Waals surface area contributed by atoms with Gasteiger partial charge in [-0.15, -0.1) is 0 Å². The van der Waals surface area contributed by atoms with E-state index in [1.165, 1.54) is 4.90 Å². The van der Waals surface area contributed by atoms with Crippen LogP contribution in [0.15, 0.2) is 42.7 Å². The van der Waals surface area contributed by atoms with Gasteiger partial charge in [0.15, 0.2) is 5.82 Å². The van der Waals surface area contributed by atoms with Gasteiger partial charge in [-0.2, -0.15) is 5.10 Å². The van der Waals surface area contributed by atoms with E-state index in [9.17, 15) is 14.4 Å². The molecule has 5 aliphatic heterocycles. The summed E-state index contributed by atoms with van der Waals surface area (Å²) in [7, 11) is 0. The van der Waals surface area contributed by atoms with E-state index in [0.29, 0.717) is 28.7 Å². The summed E-state index contributed by atoms with van der Waals surface area (Å²) in [5, 5.41) is 11.1. The monoisotopic (exact) mass is 832 g/mol. The zero-order valence-electron chi connectivity index (χ0n) is 35.6. The molecule has 5 fully saturated rings. The number of imide groups is 1. The van der Waals surface area contributed by atoms with Crippen molar-refractivity contribution in [3.8, 4) is 17.1 Å². The summed E-state index contributed by atoms with van der Waals surface area (Å²) in [4.78, 5) is 57.9. The molecule has 3 amide bonds. The largest absolute Gasteiger partial charge is 0.488 e. The van der Waals surface area contributed by atoms with Gasteiger partial charge in [0.2, 0.25) is 11.8 Å². The van der Waals surface area contributed by atoms with Crippen molar-refractivity contribution in [3.05, 3.63) is 59.7 Å². The van der Waals surface area contributed by atoms with Crippen LogP contribution in [0, 0.1) is 17.7 Å². The smallest absolute Gasteiger partial charge is 0.255 e. The number of aromatic nitrogens is 4. The van der Waals surface area contributed by atoms with Crippen molar-refractivity contribution >= 4 is 40.1 Å². The van der Waals surface area contributed by atoms with E-state index < -0.39 is 11.9 Å². The average molecular weight is 833 g/mol. The van der Waals surface area contributed by atoms with Crippen molar-refractivity contribution in [1.29, 1.82) is 0 Å². The van der Waals surface area contributed by atoms with Crippen molar-refractivity contribution in [2.45, 2.75) is 95.9 Å². The van der Waals surface area contributed by atoms with E-state index in [1.807, 2.05) is 12.1 Å². The molecule has 4 aromatic rings. The van der Waals surface area contributed by atoms with Crippen molar-refractivity contribution < 1.29 is 23.5 Å². The normalized spacial score (nSPS) is 23.8. The van der Waals surface area contributed by atoms with E-state index in [1.54, 1.807) is 18.5 Å². The van der Waals surface area contributed by atoms with Crippen molar-refractivity contribution in [1.82, 2.24) is 40.2 Å². The van der Waals surface area contributed by atoms with Crippen molar-refractivity contribution in [3.63, 3.8) is 0 Å². The van der Waals surface area contributed by atoms with E-state index in [0.717, 1.165) is 131 Å². The van der Waals surface area contributed by atoms with E-state index in [2.05, 4.69) is 73.0 Å². The maximum Gasteiger partial charge on any atom is 0.255 e. The number of amides is 3. The highest BCUT2D eigenvalue weighted by atomic mass is 19.1. The molecule has 0 radical (unpaired) electrons. The standard InChI is InChI=1S/C46H57FN10O4/c1-45(2)27-53(24-29-10-16-54(17-11-29)37-7-5-32-34(41(37)47)26-57(44(32)60)38-8-9-40(58)50-43(38)59)20-21-56(45)25-30-12-18-55(19-13-30)39-23-36(48-28-49-39)42-33-22-31(61-46(3)14-15-46)4-6-35(33)51-52-42/h4-7,22-23,28-30,38H,8-21,24-27H2,1-3H3,(H,51,52)(H,50,58,59). The number of aromatic amines is 1. The maximum absolute atomic E-state index is 16.0. The Morgan fingerprint density at radius 1 is 0.852 bits per heavy atom. The number of rotatable bonds is 10. The topological polar surface area (TPSA) is 143 Å². The number of hydrogen-bond acceptors (Lipinski definition) is 11. The number of anilines is 2. The minimum Gasteiger partial charge on any atom is -0.488 e. The number of ether oxygens (including phenoxy) is 1. The van der Waals surface area contributed by atoms with Crippen molar-refractivity contribution in [2.24, 2.45) is 11.8 Å². The molecule has 0 bridgehead atoms. The molecule has 322 valence electrons. The molecular weight excluding hydrogens is 776 g/mol. The Hall–Kier alpha value is -5.15. The third kappa shape index (κ3) is 7.95. The van der Waals surface area contributed by atoms with Gasteiger partial charge in [-0.25, -0.2) is 14.4 Å². The molecule has 7 heterocycles. The molecule has 2 aromatic carbocycles. The van der Waals surface area contributed by atoms with Crippen LogP contribution in [0.5, 0.6) is 5.75 Å². The molecule has 2 N–H and O–H groups in total. The molecule has 1 unspecified atom stereocenters. The number of piperazine rings is 1. The van der Waals surface area contributed by atoms with Gasteiger partial charge in [0.05, 0.1) is 23.4 Å². The SMILES string of the molecule is CC1(Oc2ccc3[nH]nc(-c4cc(N5CCC(CN6CCN(CC7CCN(c8ccc9c(c8F)CN(C8CCC(=O)NC8=O)C9=O)CC7)CC6(C)C)CC5)ncn4)c3c2)CC1. The second-order valence-corrected chi connectivity index (χ2v) is 19.3. The number of benzene rings is 2. The quantitative estimate of drug-likeness (QED) is 0.199. The minimum absolute atomic E-state index is 0.0455. The summed E-state index contributed by atoms with van der Waals surface area (Å²) >= 11 is 0. The van der Waals surface area contributed by atoms with Gasteiger partial charge in [-0.1, -0.05) is 0 Å². The van der Waals surface area contributed by atoms with Crippen LogP contribution in [0.1, 0.15) is 88.1 Å².